The number of hydrogen-bond acceptors (Lipinski definition) is 3. The Labute approximate surface area is 105 Å². The molecule has 0 radical (unpaired) electrons. The van der Waals surface area contributed by atoms with Crippen molar-refractivity contribution >= 4 is 10.1 Å². The van der Waals surface area contributed by atoms with E-state index in [2.05, 4.69) is 0 Å². The summed E-state index contributed by atoms with van der Waals surface area (Å²) in [5.74, 6) is 1.20. The first-order valence-electron chi connectivity index (χ1n) is 5.41. The standard InChI is InChI=1S/C13H10O4S/c14-18(15,16)13-7-3-6-12-10(13)8-9-4-1-2-5-11(9)17-12/h1-7H,8H2,(H,14,15,16). The van der Waals surface area contributed by atoms with Crippen LogP contribution in [0.4, 0.5) is 0 Å². The highest BCUT2D eigenvalue weighted by Gasteiger charge is 2.24. The molecule has 5 heteroatoms. The summed E-state index contributed by atoms with van der Waals surface area (Å²) < 4.78 is 37.5. The lowest BCUT2D eigenvalue weighted by Gasteiger charge is -2.21. The third kappa shape index (κ3) is 1.77. The molecule has 0 saturated carbocycles. The van der Waals surface area contributed by atoms with Crippen molar-refractivity contribution in [2.45, 2.75) is 11.3 Å². The summed E-state index contributed by atoms with van der Waals surface area (Å²) in [4.78, 5) is -0.0884. The first-order valence-corrected chi connectivity index (χ1v) is 6.85. The highest BCUT2D eigenvalue weighted by molar-refractivity contribution is 7.85. The van der Waals surface area contributed by atoms with Crippen molar-refractivity contribution in [1.29, 1.82) is 0 Å². The predicted molar refractivity (Wildman–Crippen MR) is 65.6 cm³/mol. The van der Waals surface area contributed by atoms with Crippen molar-refractivity contribution in [2.24, 2.45) is 0 Å². The van der Waals surface area contributed by atoms with Crippen molar-refractivity contribution in [3.05, 3.63) is 53.6 Å². The summed E-state index contributed by atoms with van der Waals surface area (Å²) in [5.41, 5.74) is 1.40. The first-order chi connectivity index (χ1) is 8.55. The Bertz CT molecular complexity index is 720. The van der Waals surface area contributed by atoms with Crippen LogP contribution in [-0.2, 0) is 16.5 Å². The van der Waals surface area contributed by atoms with Crippen LogP contribution in [0.3, 0.4) is 0 Å². The molecular weight excluding hydrogens is 252 g/mol. The van der Waals surface area contributed by atoms with Crippen LogP contribution in [0.25, 0.3) is 0 Å². The molecule has 4 nitrogen and oxygen atoms in total. The van der Waals surface area contributed by atoms with Crippen LogP contribution in [0, 0.1) is 0 Å². The van der Waals surface area contributed by atoms with Gasteiger partial charge in [0.15, 0.2) is 0 Å². The van der Waals surface area contributed by atoms with Crippen molar-refractivity contribution in [2.75, 3.05) is 0 Å². The van der Waals surface area contributed by atoms with Crippen LogP contribution in [-0.4, -0.2) is 13.0 Å². The smallest absolute Gasteiger partial charge is 0.294 e. The molecule has 0 amide bonds. The van der Waals surface area contributed by atoms with Gasteiger partial charge in [-0.2, -0.15) is 8.42 Å². The summed E-state index contributed by atoms with van der Waals surface area (Å²) in [6.45, 7) is 0. The molecule has 92 valence electrons. The lowest BCUT2D eigenvalue weighted by Crippen LogP contribution is -2.09. The Hall–Kier alpha value is -1.85. The zero-order valence-electron chi connectivity index (χ0n) is 9.33. The minimum atomic E-state index is -4.23. The van der Waals surface area contributed by atoms with Gasteiger partial charge in [-0.15, -0.1) is 0 Å². The Morgan fingerprint density at radius 2 is 1.72 bits per heavy atom. The van der Waals surface area contributed by atoms with E-state index in [1.807, 2.05) is 24.3 Å². The van der Waals surface area contributed by atoms with Gasteiger partial charge in [0.1, 0.15) is 16.4 Å². The summed E-state index contributed by atoms with van der Waals surface area (Å²) >= 11 is 0. The van der Waals surface area contributed by atoms with Crippen molar-refractivity contribution < 1.29 is 17.7 Å². The molecule has 1 heterocycles. The Balaban J connectivity index is 2.20. The molecule has 0 fully saturated rings. The molecule has 0 unspecified atom stereocenters. The van der Waals surface area contributed by atoms with E-state index in [4.69, 9.17) is 4.74 Å². The third-order valence-electron chi connectivity index (χ3n) is 2.93. The van der Waals surface area contributed by atoms with Gasteiger partial charge in [0, 0.05) is 12.0 Å². The summed E-state index contributed by atoms with van der Waals surface area (Å²) in [5, 5.41) is 0. The molecule has 18 heavy (non-hydrogen) atoms. The zero-order chi connectivity index (χ0) is 12.8. The molecule has 0 spiro atoms. The molecule has 0 saturated heterocycles. The van der Waals surface area contributed by atoms with Crippen LogP contribution in [0.5, 0.6) is 11.5 Å². The van der Waals surface area contributed by atoms with E-state index in [0.29, 0.717) is 17.7 Å². The molecule has 0 aliphatic carbocycles. The van der Waals surface area contributed by atoms with E-state index in [0.717, 1.165) is 11.3 Å². The third-order valence-corrected chi connectivity index (χ3v) is 3.87. The van der Waals surface area contributed by atoms with Gasteiger partial charge in [-0.25, -0.2) is 0 Å². The van der Waals surface area contributed by atoms with E-state index >= 15 is 0 Å². The van der Waals surface area contributed by atoms with Gasteiger partial charge < -0.3 is 4.74 Å². The van der Waals surface area contributed by atoms with Crippen molar-refractivity contribution in [3.63, 3.8) is 0 Å². The van der Waals surface area contributed by atoms with Gasteiger partial charge in [0.25, 0.3) is 10.1 Å². The monoisotopic (exact) mass is 262 g/mol. The number of ether oxygens (including phenoxy) is 1. The van der Waals surface area contributed by atoms with E-state index < -0.39 is 10.1 Å². The van der Waals surface area contributed by atoms with Crippen molar-refractivity contribution in [3.8, 4) is 11.5 Å². The first kappa shape index (κ1) is 11.3. The molecule has 0 aromatic heterocycles. The number of benzene rings is 2. The topological polar surface area (TPSA) is 63.6 Å². The van der Waals surface area contributed by atoms with Crippen LogP contribution in [0.1, 0.15) is 11.1 Å². The second-order valence-electron chi connectivity index (χ2n) is 4.09. The fourth-order valence-electron chi connectivity index (χ4n) is 2.12. The van der Waals surface area contributed by atoms with Gasteiger partial charge in [0.05, 0.1) is 0 Å². The molecule has 1 aliphatic heterocycles. The van der Waals surface area contributed by atoms with Gasteiger partial charge in [-0.3, -0.25) is 4.55 Å². The molecular formula is C13H10O4S. The van der Waals surface area contributed by atoms with E-state index in [1.54, 1.807) is 12.1 Å². The van der Waals surface area contributed by atoms with E-state index in [9.17, 15) is 13.0 Å². The highest BCUT2D eigenvalue weighted by Crippen LogP contribution is 2.38. The lowest BCUT2D eigenvalue weighted by molar-refractivity contribution is 0.451. The SMILES string of the molecule is O=S(=O)(O)c1cccc2c1Cc1ccccc1O2. The maximum absolute atomic E-state index is 11.3. The van der Waals surface area contributed by atoms with Gasteiger partial charge in [0.2, 0.25) is 0 Å². The Morgan fingerprint density at radius 1 is 1.00 bits per heavy atom. The quantitative estimate of drug-likeness (QED) is 0.685. The lowest BCUT2D eigenvalue weighted by atomic mass is 10.0. The molecule has 3 rings (SSSR count). The largest absolute Gasteiger partial charge is 0.457 e. The van der Waals surface area contributed by atoms with Crippen molar-refractivity contribution in [1.82, 2.24) is 0 Å². The van der Waals surface area contributed by atoms with Gasteiger partial charge in [-0.1, -0.05) is 24.3 Å². The maximum atomic E-state index is 11.3. The molecule has 0 bridgehead atoms. The molecule has 2 aromatic rings. The summed E-state index contributed by atoms with van der Waals surface area (Å²) in [6.07, 6.45) is 0.432. The molecule has 1 aliphatic rings. The van der Waals surface area contributed by atoms with Crippen LogP contribution < -0.4 is 4.74 Å². The Morgan fingerprint density at radius 3 is 2.50 bits per heavy atom. The summed E-state index contributed by atoms with van der Waals surface area (Å²) in [7, 11) is -4.23. The second-order valence-corrected chi connectivity index (χ2v) is 5.48. The number of rotatable bonds is 1. The predicted octanol–water partition coefficient (Wildman–Crippen LogP) is 2.63. The normalized spacial score (nSPS) is 13.4. The second kappa shape index (κ2) is 3.83. The van der Waals surface area contributed by atoms with Gasteiger partial charge >= 0.3 is 0 Å². The molecule has 0 atom stereocenters. The number of hydrogen-bond donors (Lipinski definition) is 1. The van der Waals surface area contributed by atoms with Crippen LogP contribution >= 0.6 is 0 Å². The molecule has 1 N–H and O–H groups in total. The van der Waals surface area contributed by atoms with E-state index in [-0.39, 0.29) is 4.90 Å². The average molecular weight is 262 g/mol. The van der Waals surface area contributed by atoms with Crippen LogP contribution in [0.2, 0.25) is 0 Å². The minimum Gasteiger partial charge on any atom is -0.457 e. The Kier molecular flexibility index (Phi) is 2.39. The van der Waals surface area contributed by atoms with Gasteiger partial charge in [-0.05, 0) is 23.8 Å². The number of para-hydroxylation sites is 1. The molecule has 2 aromatic carbocycles. The maximum Gasteiger partial charge on any atom is 0.294 e. The van der Waals surface area contributed by atoms with Crippen LogP contribution in [0.15, 0.2) is 47.4 Å². The fraction of sp³-hybridized carbons (Fsp3) is 0.0769. The number of fused-ring (bicyclic) bond motifs is 2. The van der Waals surface area contributed by atoms with E-state index in [1.165, 1.54) is 6.07 Å². The summed E-state index contributed by atoms with van der Waals surface area (Å²) in [6, 6.07) is 12.1. The zero-order valence-corrected chi connectivity index (χ0v) is 10.1. The highest BCUT2D eigenvalue weighted by atomic mass is 32.2. The average Bonchev–Trinajstić information content (AvgIpc) is 2.34. The fourth-order valence-corrected chi connectivity index (χ4v) is 2.85. The minimum absolute atomic E-state index is 0.0884.